The number of carbonyl (C=O) groups excluding carboxylic acids is 1. The fraction of sp³-hybridized carbons (Fsp3) is 0.182. The Hall–Kier alpha value is -3.55. The molecule has 13 heteroatoms. The summed E-state index contributed by atoms with van der Waals surface area (Å²) >= 11 is 2.77. The number of thiazole rings is 1. The molecule has 0 spiro atoms. The Kier molecular flexibility index (Phi) is 7.59. The van der Waals surface area contributed by atoms with Crippen molar-refractivity contribution in [1.29, 1.82) is 0 Å². The summed E-state index contributed by atoms with van der Waals surface area (Å²) in [5, 5.41) is 36.4. The van der Waals surface area contributed by atoms with Gasteiger partial charge in [-0.05, 0) is 35.7 Å². The lowest BCUT2D eigenvalue weighted by molar-refractivity contribution is -0.115. The summed E-state index contributed by atoms with van der Waals surface area (Å²) < 4.78 is 11.2. The van der Waals surface area contributed by atoms with E-state index in [1.807, 2.05) is 24.3 Å². The first-order valence-corrected chi connectivity index (χ1v) is 12.2. The van der Waals surface area contributed by atoms with Crippen molar-refractivity contribution in [2.45, 2.75) is 22.5 Å². The first-order valence-electron chi connectivity index (χ1n) is 10.3. The third-order valence-electron chi connectivity index (χ3n) is 5.23. The minimum absolute atomic E-state index is 0.0621. The van der Waals surface area contributed by atoms with Crippen molar-refractivity contribution in [3.63, 3.8) is 0 Å². The lowest BCUT2D eigenvalue weighted by Gasteiger charge is -2.28. The van der Waals surface area contributed by atoms with Gasteiger partial charge in [0, 0.05) is 11.1 Å². The van der Waals surface area contributed by atoms with E-state index < -0.39 is 24.9 Å². The minimum Gasteiger partial charge on any atom is -0.534 e. The summed E-state index contributed by atoms with van der Waals surface area (Å²) in [6.07, 6.45) is 0.127. The molecule has 3 aromatic rings. The van der Waals surface area contributed by atoms with Crippen LogP contribution in [0.15, 0.2) is 57.3 Å². The van der Waals surface area contributed by atoms with Crippen LogP contribution in [0.5, 0.6) is 11.5 Å². The molecule has 1 amide bonds. The Labute approximate surface area is 208 Å². The number of nitrogens with one attached hydrogen (secondary N) is 1. The molecule has 0 aliphatic carbocycles. The molecule has 35 heavy (non-hydrogen) atoms. The second-order valence-electron chi connectivity index (χ2n) is 7.48. The number of hydrogen-bond donors (Lipinski definition) is 4. The molecule has 180 valence electrons. The summed E-state index contributed by atoms with van der Waals surface area (Å²) in [7, 11) is 0.117. The van der Waals surface area contributed by atoms with Crippen LogP contribution in [-0.2, 0) is 17.0 Å². The van der Waals surface area contributed by atoms with Crippen LogP contribution in [-0.4, -0.2) is 58.1 Å². The molecule has 2 aromatic carbocycles. The highest BCUT2D eigenvalue weighted by atomic mass is 32.2. The zero-order valence-electron chi connectivity index (χ0n) is 18.4. The van der Waals surface area contributed by atoms with E-state index in [1.54, 1.807) is 24.6 Å². The van der Waals surface area contributed by atoms with E-state index in [0.717, 1.165) is 11.3 Å². The van der Waals surface area contributed by atoms with Crippen molar-refractivity contribution in [2.75, 3.05) is 7.11 Å². The van der Waals surface area contributed by atoms with Gasteiger partial charge in [0.1, 0.15) is 17.2 Å². The highest BCUT2D eigenvalue weighted by Crippen LogP contribution is 2.30. The largest absolute Gasteiger partial charge is 0.547 e. The van der Waals surface area contributed by atoms with Gasteiger partial charge in [-0.25, -0.2) is 9.78 Å². The van der Waals surface area contributed by atoms with Crippen molar-refractivity contribution < 1.29 is 34.3 Å². The van der Waals surface area contributed by atoms with Crippen molar-refractivity contribution in [2.24, 2.45) is 5.16 Å². The smallest absolute Gasteiger partial charge is 0.534 e. The zero-order chi connectivity index (χ0) is 24.9. The van der Waals surface area contributed by atoms with Crippen LogP contribution < -0.4 is 14.7 Å². The van der Waals surface area contributed by atoms with Gasteiger partial charge < -0.3 is 30.0 Å². The standard InChI is InChI=1S/C22H20BN3O7S2/c1-32-14-7-5-12(6-8-14)10-34-22-24-16(11-35-22)18(26-31)20(27)25-17-9-13-3-2-4-15(21(28)29)19(13)33-23(17)30/h2-8,11,17,30-31H,9-10H2,1H3,(H,25,27)(H,28,29)/b26-18-/t17-/m0/s1. The maximum absolute atomic E-state index is 12.8. The average Bonchev–Trinajstić information content (AvgIpc) is 3.32. The molecule has 0 fully saturated rings. The first kappa shape index (κ1) is 24.6. The molecule has 0 saturated heterocycles. The van der Waals surface area contributed by atoms with E-state index in [9.17, 15) is 24.9 Å². The van der Waals surface area contributed by atoms with Gasteiger partial charge in [0.15, 0.2) is 10.1 Å². The van der Waals surface area contributed by atoms with Crippen LogP contribution in [0, 0.1) is 0 Å². The highest BCUT2D eigenvalue weighted by Gasteiger charge is 2.38. The Morgan fingerprint density at radius 1 is 1.31 bits per heavy atom. The summed E-state index contributed by atoms with van der Waals surface area (Å²) in [5.74, 6) is -1.35. The average molecular weight is 513 g/mol. The predicted octanol–water partition coefficient (Wildman–Crippen LogP) is 2.46. The van der Waals surface area contributed by atoms with E-state index in [1.165, 1.54) is 29.2 Å². The van der Waals surface area contributed by atoms with Gasteiger partial charge in [0.05, 0.1) is 18.6 Å². The van der Waals surface area contributed by atoms with E-state index in [4.69, 9.17) is 9.39 Å². The number of aromatic nitrogens is 1. The topological polar surface area (TPSA) is 151 Å². The quantitative estimate of drug-likeness (QED) is 0.117. The van der Waals surface area contributed by atoms with Crippen molar-refractivity contribution in [1.82, 2.24) is 10.3 Å². The maximum Gasteiger partial charge on any atom is 0.547 e. The fourth-order valence-corrected chi connectivity index (χ4v) is 5.23. The number of carboxylic acid groups (broad SMARTS) is 1. The number of hydrogen-bond acceptors (Lipinski definition) is 10. The first-order chi connectivity index (χ1) is 16.9. The number of rotatable bonds is 8. The van der Waals surface area contributed by atoms with Gasteiger partial charge in [-0.1, -0.05) is 41.2 Å². The molecule has 4 N–H and O–H groups in total. The van der Waals surface area contributed by atoms with Gasteiger partial charge in [0.2, 0.25) is 0 Å². The molecule has 1 aromatic heterocycles. The molecular weight excluding hydrogens is 493 g/mol. The summed E-state index contributed by atoms with van der Waals surface area (Å²) in [4.78, 5) is 28.6. The van der Waals surface area contributed by atoms with Gasteiger partial charge in [-0.2, -0.15) is 0 Å². The lowest BCUT2D eigenvalue weighted by atomic mass is 9.72. The van der Waals surface area contributed by atoms with Crippen LogP contribution in [0.3, 0.4) is 0 Å². The molecule has 10 nitrogen and oxygen atoms in total. The second-order valence-corrected chi connectivity index (χ2v) is 9.56. The highest BCUT2D eigenvalue weighted by molar-refractivity contribution is 8.00. The van der Waals surface area contributed by atoms with Gasteiger partial charge in [-0.3, -0.25) is 4.79 Å². The number of ether oxygens (including phenoxy) is 1. The maximum atomic E-state index is 12.8. The summed E-state index contributed by atoms with van der Waals surface area (Å²) in [6, 6.07) is 12.2. The van der Waals surface area contributed by atoms with E-state index >= 15 is 0 Å². The molecule has 0 unspecified atom stereocenters. The monoisotopic (exact) mass is 513 g/mol. The van der Waals surface area contributed by atoms with Crippen LogP contribution in [0.2, 0.25) is 0 Å². The third-order valence-corrected chi connectivity index (χ3v) is 7.32. The molecule has 4 rings (SSSR count). The second kappa shape index (κ2) is 10.8. The van der Waals surface area contributed by atoms with Gasteiger partial charge in [-0.15, -0.1) is 11.3 Å². The lowest BCUT2D eigenvalue weighted by Crippen LogP contribution is -2.54. The van der Waals surface area contributed by atoms with Crippen molar-refractivity contribution in [3.05, 3.63) is 70.2 Å². The Bertz CT molecular complexity index is 1270. The Morgan fingerprint density at radius 2 is 2.09 bits per heavy atom. The molecule has 2 heterocycles. The Balaban J connectivity index is 1.40. The number of aromatic carboxylic acids is 1. The fourth-order valence-electron chi connectivity index (χ4n) is 3.46. The molecule has 1 atom stereocenters. The van der Waals surface area contributed by atoms with Crippen molar-refractivity contribution in [3.8, 4) is 11.5 Å². The molecular formula is C22H20BN3O7S2. The number of thioether (sulfide) groups is 1. The molecule has 1 aliphatic rings. The van der Waals surface area contributed by atoms with Gasteiger partial charge in [0.25, 0.3) is 5.91 Å². The number of nitrogens with zero attached hydrogens (tertiary/aromatic N) is 2. The van der Waals surface area contributed by atoms with Crippen molar-refractivity contribution >= 4 is 47.8 Å². The van der Waals surface area contributed by atoms with E-state index in [-0.39, 0.29) is 29.1 Å². The molecule has 0 bridgehead atoms. The number of carbonyl (C=O) groups is 2. The molecule has 0 saturated carbocycles. The van der Waals surface area contributed by atoms with E-state index in [0.29, 0.717) is 15.7 Å². The normalized spacial score (nSPS) is 15.2. The number of oxime groups is 1. The van der Waals surface area contributed by atoms with Crippen LogP contribution in [0.4, 0.5) is 0 Å². The van der Waals surface area contributed by atoms with Crippen LogP contribution >= 0.6 is 23.1 Å². The zero-order valence-corrected chi connectivity index (χ0v) is 20.0. The number of benzene rings is 2. The minimum atomic E-state index is -1.49. The van der Waals surface area contributed by atoms with Crippen LogP contribution in [0.1, 0.15) is 27.2 Å². The number of fused-ring (bicyclic) bond motifs is 1. The number of methoxy groups -OCH3 is 1. The Morgan fingerprint density at radius 3 is 2.77 bits per heavy atom. The van der Waals surface area contributed by atoms with E-state index in [2.05, 4.69) is 15.5 Å². The molecule has 1 aliphatic heterocycles. The van der Waals surface area contributed by atoms with Crippen LogP contribution in [0.25, 0.3) is 0 Å². The number of carboxylic acids is 1. The predicted molar refractivity (Wildman–Crippen MR) is 131 cm³/mol. The summed E-state index contributed by atoms with van der Waals surface area (Å²) in [5.41, 5.74) is 1.39. The summed E-state index contributed by atoms with van der Waals surface area (Å²) in [6.45, 7) is 0. The third kappa shape index (κ3) is 5.58. The number of amides is 1. The number of para-hydroxylation sites is 1. The van der Waals surface area contributed by atoms with Gasteiger partial charge >= 0.3 is 13.1 Å². The SMILES string of the molecule is COc1ccc(CSc2nc(/C(=N/O)C(=O)N[C@H]3Cc4cccc(C(=O)O)c4OB3O)cs2)cc1. The molecule has 0 radical (unpaired) electrons.